The summed E-state index contributed by atoms with van der Waals surface area (Å²) in [6.07, 6.45) is 4.69. The van der Waals surface area contributed by atoms with E-state index in [1.165, 1.54) is 17.4 Å². The number of aryl methyl sites for hydroxylation is 1. The van der Waals surface area contributed by atoms with Crippen LogP contribution in [-0.4, -0.2) is 44.0 Å². The third-order valence-electron chi connectivity index (χ3n) is 3.48. The van der Waals surface area contributed by atoms with Crippen LogP contribution >= 0.6 is 0 Å². The molecule has 0 spiro atoms. The van der Waals surface area contributed by atoms with Crippen LogP contribution in [0.1, 0.15) is 30.3 Å². The summed E-state index contributed by atoms with van der Waals surface area (Å²) >= 11 is 0. The summed E-state index contributed by atoms with van der Waals surface area (Å²) in [6.45, 7) is 2.37. The van der Waals surface area contributed by atoms with Crippen molar-refractivity contribution in [3.63, 3.8) is 0 Å². The largest absolute Gasteiger partial charge is 0.480 e. The number of rotatable bonds is 2. The standard InChI is InChI=1S/C12H17N3O3/c1-8-4-3-5-15(10(8)12(17)18)11(16)9-6-13-7-14(9)2/h6-8,10H,3-5H2,1-2H3,(H,17,18). The van der Waals surface area contributed by atoms with E-state index in [1.807, 2.05) is 6.92 Å². The molecule has 2 atom stereocenters. The Morgan fingerprint density at radius 3 is 2.78 bits per heavy atom. The van der Waals surface area contributed by atoms with Crippen LogP contribution in [-0.2, 0) is 11.8 Å². The van der Waals surface area contributed by atoms with Gasteiger partial charge in [0.25, 0.3) is 5.91 Å². The van der Waals surface area contributed by atoms with Gasteiger partial charge in [-0.2, -0.15) is 0 Å². The van der Waals surface area contributed by atoms with E-state index in [-0.39, 0.29) is 11.8 Å². The van der Waals surface area contributed by atoms with E-state index >= 15 is 0 Å². The number of carboxylic acids is 1. The topological polar surface area (TPSA) is 75.4 Å². The molecule has 1 aromatic rings. The van der Waals surface area contributed by atoms with E-state index in [4.69, 9.17) is 0 Å². The fraction of sp³-hybridized carbons (Fsp3) is 0.583. The zero-order chi connectivity index (χ0) is 13.3. The Balaban J connectivity index is 2.28. The van der Waals surface area contributed by atoms with Gasteiger partial charge in [0, 0.05) is 13.6 Å². The minimum atomic E-state index is -0.933. The zero-order valence-electron chi connectivity index (χ0n) is 10.5. The molecule has 2 unspecified atom stereocenters. The van der Waals surface area contributed by atoms with Crippen LogP contribution < -0.4 is 0 Å². The lowest BCUT2D eigenvalue weighted by molar-refractivity contribution is -0.145. The Morgan fingerprint density at radius 2 is 2.22 bits per heavy atom. The molecular weight excluding hydrogens is 234 g/mol. The molecule has 0 saturated carbocycles. The first-order chi connectivity index (χ1) is 8.52. The lowest BCUT2D eigenvalue weighted by Gasteiger charge is -2.37. The van der Waals surface area contributed by atoms with Gasteiger partial charge in [0.2, 0.25) is 0 Å². The molecule has 1 aromatic heterocycles. The lowest BCUT2D eigenvalue weighted by atomic mass is 9.90. The Morgan fingerprint density at radius 1 is 1.50 bits per heavy atom. The van der Waals surface area contributed by atoms with Gasteiger partial charge in [0.05, 0.1) is 12.5 Å². The van der Waals surface area contributed by atoms with Crippen molar-refractivity contribution in [2.45, 2.75) is 25.8 Å². The predicted octanol–water partition coefficient (Wildman–Crippen LogP) is 0.745. The normalized spacial score (nSPS) is 24.0. The lowest BCUT2D eigenvalue weighted by Crippen LogP contribution is -2.52. The van der Waals surface area contributed by atoms with Crippen molar-refractivity contribution in [1.82, 2.24) is 14.5 Å². The minimum Gasteiger partial charge on any atom is -0.480 e. The van der Waals surface area contributed by atoms with Gasteiger partial charge in [-0.25, -0.2) is 9.78 Å². The van der Waals surface area contributed by atoms with E-state index in [1.54, 1.807) is 11.6 Å². The first-order valence-electron chi connectivity index (χ1n) is 6.02. The Labute approximate surface area is 105 Å². The number of likely N-dealkylation sites (tertiary alicyclic amines) is 1. The molecule has 6 heteroatoms. The second-order valence-electron chi connectivity index (χ2n) is 4.79. The number of carboxylic acid groups (broad SMARTS) is 1. The van der Waals surface area contributed by atoms with Crippen LogP contribution in [0.2, 0.25) is 0 Å². The second kappa shape index (κ2) is 4.80. The van der Waals surface area contributed by atoms with Gasteiger partial charge in [0.15, 0.2) is 0 Å². The summed E-state index contributed by atoms with van der Waals surface area (Å²) < 4.78 is 1.61. The highest BCUT2D eigenvalue weighted by molar-refractivity contribution is 5.95. The average molecular weight is 251 g/mol. The number of carbonyl (C=O) groups is 2. The summed E-state index contributed by atoms with van der Waals surface area (Å²) in [5, 5.41) is 9.28. The number of aliphatic carboxylic acids is 1. The monoisotopic (exact) mass is 251 g/mol. The molecule has 6 nitrogen and oxygen atoms in total. The summed E-state index contributed by atoms with van der Waals surface area (Å²) in [6, 6.07) is -0.735. The van der Waals surface area contributed by atoms with E-state index in [0.29, 0.717) is 12.2 Å². The highest BCUT2D eigenvalue weighted by Crippen LogP contribution is 2.25. The number of nitrogens with zero attached hydrogens (tertiary/aromatic N) is 3. The van der Waals surface area contributed by atoms with E-state index < -0.39 is 12.0 Å². The number of carbonyl (C=O) groups excluding carboxylic acids is 1. The molecule has 1 aliphatic rings. The number of hydrogen-bond acceptors (Lipinski definition) is 3. The summed E-state index contributed by atoms with van der Waals surface area (Å²) in [7, 11) is 1.73. The molecule has 0 aromatic carbocycles. The SMILES string of the molecule is CC1CCCN(C(=O)c2cncn2C)C1C(=O)O. The number of imidazole rings is 1. The van der Waals surface area contributed by atoms with Crippen LogP contribution in [0.5, 0.6) is 0 Å². The molecule has 2 heterocycles. The van der Waals surface area contributed by atoms with Gasteiger partial charge in [-0.05, 0) is 18.8 Å². The number of hydrogen-bond donors (Lipinski definition) is 1. The molecule has 1 N–H and O–H groups in total. The average Bonchev–Trinajstić information content (AvgIpc) is 2.73. The van der Waals surface area contributed by atoms with Gasteiger partial charge in [-0.1, -0.05) is 6.92 Å². The highest BCUT2D eigenvalue weighted by atomic mass is 16.4. The molecule has 0 radical (unpaired) electrons. The molecule has 0 aliphatic carbocycles. The first kappa shape index (κ1) is 12.6. The van der Waals surface area contributed by atoms with E-state index in [0.717, 1.165) is 12.8 Å². The van der Waals surface area contributed by atoms with Crippen molar-refractivity contribution in [1.29, 1.82) is 0 Å². The van der Waals surface area contributed by atoms with Gasteiger partial charge >= 0.3 is 5.97 Å². The van der Waals surface area contributed by atoms with E-state index in [2.05, 4.69) is 4.98 Å². The third kappa shape index (κ3) is 2.10. The van der Waals surface area contributed by atoms with E-state index in [9.17, 15) is 14.7 Å². The van der Waals surface area contributed by atoms with Crippen LogP contribution in [0.4, 0.5) is 0 Å². The zero-order valence-corrected chi connectivity index (χ0v) is 10.5. The molecule has 1 fully saturated rings. The van der Waals surface area contributed by atoms with Gasteiger partial charge in [0.1, 0.15) is 11.7 Å². The van der Waals surface area contributed by atoms with Crippen molar-refractivity contribution < 1.29 is 14.7 Å². The molecule has 1 aliphatic heterocycles. The van der Waals surface area contributed by atoms with Crippen molar-refractivity contribution in [2.24, 2.45) is 13.0 Å². The Kier molecular flexibility index (Phi) is 3.36. The first-order valence-corrected chi connectivity index (χ1v) is 6.02. The predicted molar refractivity (Wildman–Crippen MR) is 64.1 cm³/mol. The molecular formula is C12H17N3O3. The summed E-state index contributed by atoms with van der Waals surface area (Å²) in [4.78, 5) is 29.0. The van der Waals surface area contributed by atoms with Crippen LogP contribution in [0.15, 0.2) is 12.5 Å². The third-order valence-corrected chi connectivity index (χ3v) is 3.48. The molecule has 18 heavy (non-hydrogen) atoms. The maximum atomic E-state index is 12.3. The quantitative estimate of drug-likeness (QED) is 0.841. The Bertz CT molecular complexity index is 469. The van der Waals surface area contributed by atoms with Crippen LogP contribution in [0.25, 0.3) is 0 Å². The molecule has 98 valence electrons. The van der Waals surface area contributed by atoms with Crippen LogP contribution in [0, 0.1) is 5.92 Å². The number of aromatic nitrogens is 2. The molecule has 1 amide bonds. The van der Waals surface area contributed by atoms with Crippen molar-refractivity contribution in [2.75, 3.05) is 6.54 Å². The van der Waals surface area contributed by atoms with Gasteiger partial charge < -0.3 is 14.6 Å². The fourth-order valence-electron chi connectivity index (χ4n) is 2.50. The molecule has 2 rings (SSSR count). The van der Waals surface area contributed by atoms with Gasteiger partial charge in [-0.15, -0.1) is 0 Å². The summed E-state index contributed by atoms with van der Waals surface area (Å²) in [5.41, 5.74) is 0.426. The van der Waals surface area contributed by atoms with Crippen molar-refractivity contribution >= 4 is 11.9 Å². The maximum Gasteiger partial charge on any atom is 0.326 e. The van der Waals surface area contributed by atoms with Gasteiger partial charge in [-0.3, -0.25) is 4.79 Å². The number of piperidine rings is 1. The van der Waals surface area contributed by atoms with Crippen molar-refractivity contribution in [3.05, 3.63) is 18.2 Å². The van der Waals surface area contributed by atoms with Crippen molar-refractivity contribution in [3.8, 4) is 0 Å². The fourth-order valence-corrected chi connectivity index (χ4v) is 2.50. The Hall–Kier alpha value is -1.85. The second-order valence-corrected chi connectivity index (χ2v) is 4.79. The molecule has 0 bridgehead atoms. The smallest absolute Gasteiger partial charge is 0.326 e. The molecule has 1 saturated heterocycles. The maximum absolute atomic E-state index is 12.3. The number of amides is 1. The minimum absolute atomic E-state index is 0.0200. The van der Waals surface area contributed by atoms with Crippen LogP contribution in [0.3, 0.4) is 0 Å². The highest BCUT2D eigenvalue weighted by Gasteiger charge is 2.37. The summed E-state index contributed by atoms with van der Waals surface area (Å²) in [5.74, 6) is -1.21.